The van der Waals surface area contributed by atoms with Crippen LogP contribution in [0, 0.1) is 5.82 Å². The fourth-order valence-corrected chi connectivity index (χ4v) is 4.97. The lowest BCUT2D eigenvalue weighted by atomic mass is 10.1. The summed E-state index contributed by atoms with van der Waals surface area (Å²) >= 11 is 6.18. The summed E-state index contributed by atoms with van der Waals surface area (Å²) in [7, 11) is 0. The van der Waals surface area contributed by atoms with Crippen molar-refractivity contribution in [3.05, 3.63) is 54.1 Å². The molecule has 1 saturated heterocycles. The van der Waals surface area contributed by atoms with Crippen molar-refractivity contribution in [1.82, 2.24) is 19.9 Å². The molecule has 11 heteroatoms. The molecule has 1 N–H and O–H groups in total. The largest absolute Gasteiger partial charge is 0.489 e. The van der Waals surface area contributed by atoms with Crippen LogP contribution in [0.4, 0.5) is 26.1 Å². The van der Waals surface area contributed by atoms with Gasteiger partial charge in [0.05, 0.1) is 16.7 Å². The Morgan fingerprint density at radius 3 is 2.73 bits per heavy atom. The normalized spacial score (nSPS) is 19.1. The van der Waals surface area contributed by atoms with Crippen LogP contribution in [0.5, 0.6) is 5.75 Å². The van der Waals surface area contributed by atoms with E-state index < -0.39 is 11.5 Å². The smallest absolute Gasteiger partial charge is 0.246 e. The van der Waals surface area contributed by atoms with Gasteiger partial charge in [0.1, 0.15) is 40.7 Å². The molecule has 3 fully saturated rings. The second-order valence-corrected chi connectivity index (χ2v) is 10.3. The number of piperazine rings is 1. The summed E-state index contributed by atoms with van der Waals surface area (Å²) in [6.07, 6.45) is 5.50. The molecule has 3 heterocycles. The maximum absolute atomic E-state index is 15.1. The third-order valence-electron chi connectivity index (χ3n) is 7.29. The Balaban J connectivity index is 1.25. The van der Waals surface area contributed by atoms with E-state index in [2.05, 4.69) is 26.8 Å². The van der Waals surface area contributed by atoms with Crippen LogP contribution in [0.3, 0.4) is 0 Å². The second kappa shape index (κ2) is 8.79. The summed E-state index contributed by atoms with van der Waals surface area (Å²) in [6, 6.07) is 6.71. The molecule has 192 valence electrons. The molecule has 2 saturated carbocycles. The van der Waals surface area contributed by atoms with Crippen molar-refractivity contribution in [1.29, 1.82) is 0 Å². The van der Waals surface area contributed by atoms with E-state index in [1.54, 1.807) is 0 Å². The van der Waals surface area contributed by atoms with Gasteiger partial charge >= 0.3 is 0 Å². The zero-order chi connectivity index (χ0) is 25.8. The van der Waals surface area contributed by atoms with Crippen LogP contribution in [0.2, 0.25) is 5.02 Å². The monoisotopic (exact) mass is 526 g/mol. The number of rotatable bonds is 7. The number of benzene rings is 1. The molecular weight excluding hydrogens is 502 g/mol. The molecule has 6 rings (SSSR count). The number of carbonyl (C=O) groups is 1. The quantitative estimate of drug-likeness (QED) is 0.442. The van der Waals surface area contributed by atoms with Crippen molar-refractivity contribution < 1.29 is 18.3 Å². The first-order chi connectivity index (χ1) is 17.8. The van der Waals surface area contributed by atoms with Gasteiger partial charge in [0.15, 0.2) is 11.6 Å². The average Bonchev–Trinajstić information content (AvgIpc) is 3.84. The molecule has 2 aromatic heterocycles. The Kier molecular flexibility index (Phi) is 5.67. The molecule has 0 unspecified atom stereocenters. The van der Waals surface area contributed by atoms with Crippen LogP contribution in [0.15, 0.2) is 43.2 Å². The zero-order valence-corrected chi connectivity index (χ0v) is 20.8. The van der Waals surface area contributed by atoms with Gasteiger partial charge in [-0.15, -0.1) is 0 Å². The number of pyridine rings is 1. The lowest BCUT2D eigenvalue weighted by molar-refractivity contribution is -0.129. The van der Waals surface area contributed by atoms with Crippen LogP contribution in [-0.4, -0.2) is 63.2 Å². The number of anilines is 3. The molecule has 1 aromatic carbocycles. The Hall–Kier alpha value is -3.53. The number of carbonyl (C=O) groups excluding carboxylic acids is 1. The third-order valence-corrected chi connectivity index (χ3v) is 7.64. The summed E-state index contributed by atoms with van der Waals surface area (Å²) in [5.41, 5.74) is -0.378. The fraction of sp³-hybridized carbons (Fsp3) is 0.385. The van der Waals surface area contributed by atoms with Crippen molar-refractivity contribution in [3.63, 3.8) is 0 Å². The van der Waals surface area contributed by atoms with Gasteiger partial charge < -0.3 is 19.9 Å². The molecule has 0 radical (unpaired) electrons. The van der Waals surface area contributed by atoms with Crippen LogP contribution in [0.1, 0.15) is 25.7 Å². The molecule has 1 spiro atoms. The van der Waals surface area contributed by atoms with Crippen LogP contribution in [0.25, 0.3) is 11.0 Å². The van der Waals surface area contributed by atoms with Crippen LogP contribution >= 0.6 is 11.6 Å². The number of halogens is 3. The SMILES string of the molecule is C=CC(=O)N1CCN(c2ccc3ncnc(Nc4ccc(OCC5(F)CC5)c(Cl)c4F)c3n2)CC12CC2. The summed E-state index contributed by atoms with van der Waals surface area (Å²) in [6.45, 7) is 5.36. The van der Waals surface area contributed by atoms with E-state index in [0.717, 1.165) is 18.7 Å². The van der Waals surface area contributed by atoms with E-state index in [0.29, 0.717) is 49.3 Å². The number of hydrogen-bond acceptors (Lipinski definition) is 7. The van der Waals surface area contributed by atoms with Gasteiger partial charge in [-0.05, 0) is 56.0 Å². The van der Waals surface area contributed by atoms with Gasteiger partial charge in [0.2, 0.25) is 5.91 Å². The number of nitrogens with one attached hydrogen (secondary N) is 1. The second-order valence-electron chi connectivity index (χ2n) is 9.90. The molecule has 1 aliphatic heterocycles. The van der Waals surface area contributed by atoms with Crippen molar-refractivity contribution in [2.75, 3.05) is 36.5 Å². The molecule has 3 aliphatic rings. The minimum Gasteiger partial charge on any atom is -0.489 e. The number of nitrogens with zero attached hydrogens (tertiary/aromatic N) is 5. The number of hydrogen-bond donors (Lipinski definition) is 1. The predicted octanol–water partition coefficient (Wildman–Crippen LogP) is 4.81. The summed E-state index contributed by atoms with van der Waals surface area (Å²) in [5, 5.41) is 2.74. The van der Waals surface area contributed by atoms with E-state index in [-0.39, 0.29) is 34.5 Å². The average molecular weight is 527 g/mol. The van der Waals surface area contributed by atoms with Gasteiger partial charge in [-0.1, -0.05) is 18.2 Å². The predicted molar refractivity (Wildman–Crippen MR) is 137 cm³/mol. The number of ether oxygens (including phenoxy) is 1. The number of aromatic nitrogens is 3. The zero-order valence-electron chi connectivity index (χ0n) is 20.0. The fourth-order valence-electron chi connectivity index (χ4n) is 4.75. The molecule has 0 atom stereocenters. The van der Waals surface area contributed by atoms with E-state index >= 15 is 4.39 Å². The molecule has 8 nitrogen and oxygen atoms in total. The molecule has 37 heavy (non-hydrogen) atoms. The highest BCUT2D eigenvalue weighted by Crippen LogP contribution is 2.45. The Morgan fingerprint density at radius 1 is 1.19 bits per heavy atom. The lowest BCUT2D eigenvalue weighted by Gasteiger charge is -2.42. The highest BCUT2D eigenvalue weighted by atomic mass is 35.5. The highest BCUT2D eigenvalue weighted by Gasteiger charge is 2.53. The van der Waals surface area contributed by atoms with Gasteiger partial charge in [0, 0.05) is 19.6 Å². The van der Waals surface area contributed by atoms with Crippen LogP contribution in [-0.2, 0) is 4.79 Å². The van der Waals surface area contributed by atoms with E-state index in [4.69, 9.17) is 21.3 Å². The highest BCUT2D eigenvalue weighted by molar-refractivity contribution is 6.32. The summed E-state index contributed by atoms with van der Waals surface area (Å²) in [5.74, 6) is 0.356. The number of fused-ring (bicyclic) bond motifs is 1. The topological polar surface area (TPSA) is 83.5 Å². The van der Waals surface area contributed by atoms with E-state index in [1.807, 2.05) is 17.0 Å². The number of alkyl halides is 1. The summed E-state index contributed by atoms with van der Waals surface area (Å²) in [4.78, 5) is 29.7. The standard InChI is InChI=1S/C26H25ClF2N6O2/c1-2-20(36)35-12-11-34(13-26(35)9-10-26)19-6-4-17-23(33-19)24(31-15-30-17)32-16-3-5-18(21(27)22(16)28)37-14-25(29)7-8-25/h2-6,15H,1,7-14H2,(H,30,31,32). The maximum Gasteiger partial charge on any atom is 0.246 e. The molecule has 2 aliphatic carbocycles. The lowest BCUT2D eigenvalue weighted by Crippen LogP contribution is -2.57. The number of amides is 1. The molecular formula is C26H25ClF2N6O2. The Bertz CT molecular complexity index is 1410. The van der Waals surface area contributed by atoms with Gasteiger partial charge in [-0.25, -0.2) is 23.7 Å². The first-order valence-corrected chi connectivity index (χ1v) is 12.6. The molecule has 1 amide bonds. The van der Waals surface area contributed by atoms with Crippen molar-refractivity contribution in [2.24, 2.45) is 0 Å². The van der Waals surface area contributed by atoms with Crippen LogP contribution < -0.4 is 15.0 Å². The minimum absolute atomic E-state index is 0.0441. The van der Waals surface area contributed by atoms with Crippen molar-refractivity contribution in [3.8, 4) is 5.75 Å². The van der Waals surface area contributed by atoms with Gasteiger partial charge in [-0.2, -0.15) is 0 Å². The Morgan fingerprint density at radius 2 is 2.00 bits per heavy atom. The Labute approximate surface area is 217 Å². The third kappa shape index (κ3) is 4.43. The van der Waals surface area contributed by atoms with Gasteiger partial charge in [-0.3, -0.25) is 4.79 Å². The van der Waals surface area contributed by atoms with E-state index in [9.17, 15) is 9.18 Å². The van der Waals surface area contributed by atoms with Crippen molar-refractivity contribution >= 4 is 45.9 Å². The summed E-state index contributed by atoms with van der Waals surface area (Å²) < 4.78 is 34.4. The first kappa shape index (κ1) is 23.8. The van der Waals surface area contributed by atoms with Gasteiger partial charge in [0.25, 0.3) is 0 Å². The molecule has 3 aromatic rings. The van der Waals surface area contributed by atoms with E-state index in [1.165, 1.54) is 24.5 Å². The molecule has 0 bridgehead atoms. The minimum atomic E-state index is -1.34. The van der Waals surface area contributed by atoms with Crippen molar-refractivity contribution in [2.45, 2.75) is 36.9 Å². The first-order valence-electron chi connectivity index (χ1n) is 12.2. The maximum atomic E-state index is 15.1.